The minimum atomic E-state index is -0.900. The number of ether oxygens (including phenoxy) is 7. The number of carbonyl (C=O) groups is 3. The number of carboxylic acid groups (broad SMARTS) is 1. The number of carbonyl (C=O) groups excluding carboxylic acids is 2. The van der Waals surface area contributed by atoms with E-state index in [0.29, 0.717) is 73.7 Å². The summed E-state index contributed by atoms with van der Waals surface area (Å²) in [4.78, 5) is 47.2. The van der Waals surface area contributed by atoms with E-state index in [4.69, 9.17) is 43.3 Å². The molecule has 342 valence electrons. The van der Waals surface area contributed by atoms with Crippen molar-refractivity contribution in [1.82, 2.24) is 0 Å². The van der Waals surface area contributed by atoms with E-state index in [2.05, 4.69) is 6.07 Å². The molecule has 4 aliphatic heterocycles. The van der Waals surface area contributed by atoms with Crippen molar-refractivity contribution in [3.63, 3.8) is 0 Å². The van der Waals surface area contributed by atoms with Crippen LogP contribution < -0.4 is 28.7 Å². The summed E-state index contributed by atoms with van der Waals surface area (Å²) in [6.45, 7) is 4.45. The first-order valence-corrected chi connectivity index (χ1v) is 22.4. The number of benzene rings is 5. The molecule has 2 amide bonds. The minimum absolute atomic E-state index is 0.0355. The molecule has 5 aromatic carbocycles. The van der Waals surface area contributed by atoms with Crippen molar-refractivity contribution >= 4 is 41.1 Å². The predicted molar refractivity (Wildman–Crippen MR) is 247 cm³/mol. The summed E-state index contributed by atoms with van der Waals surface area (Å²) < 4.78 is 41.4. The molecule has 0 saturated heterocycles. The number of aliphatic carboxylic acids is 1. The smallest absolute Gasteiger partial charge is 0.305 e. The Balaban J connectivity index is 0.883. The molecule has 0 aliphatic carbocycles. The molecular formula is C52H53N3O11. The normalized spacial score (nSPS) is 16.6. The zero-order valence-corrected chi connectivity index (χ0v) is 37.2. The van der Waals surface area contributed by atoms with Gasteiger partial charge < -0.3 is 43.2 Å². The third-order valence-electron chi connectivity index (χ3n) is 12.3. The molecule has 1 N–H and O–H groups in total. The quantitative estimate of drug-likeness (QED) is 0.0760. The van der Waals surface area contributed by atoms with Crippen LogP contribution in [0.5, 0.6) is 23.0 Å². The zero-order chi connectivity index (χ0) is 45.6. The molecular weight excluding hydrogens is 843 g/mol. The van der Waals surface area contributed by atoms with E-state index < -0.39 is 5.97 Å². The SMILES string of the molecule is COc1cc2c(cc1OCc1cc(COc3cc4c(cc3C)C(=O)N3c5ccccc5C[C@H]3CC4)cc(OCCOCCOCCOCCC(=O)O)c1)N=C[C@@H]1Cc3ccccc3N1C2=O. The molecule has 4 heterocycles. The molecule has 0 saturated carbocycles. The van der Waals surface area contributed by atoms with E-state index in [1.807, 2.05) is 90.8 Å². The molecule has 0 fully saturated rings. The number of methoxy groups -OCH3 is 1. The Kier molecular flexibility index (Phi) is 13.6. The summed E-state index contributed by atoms with van der Waals surface area (Å²) in [6, 6.07) is 29.3. The summed E-state index contributed by atoms with van der Waals surface area (Å²) >= 11 is 0. The third-order valence-corrected chi connectivity index (χ3v) is 12.3. The monoisotopic (exact) mass is 895 g/mol. The second-order valence-electron chi connectivity index (χ2n) is 16.7. The van der Waals surface area contributed by atoms with Crippen LogP contribution in [0.2, 0.25) is 0 Å². The number of carboxylic acids is 1. The van der Waals surface area contributed by atoms with Gasteiger partial charge in [0, 0.05) is 41.7 Å². The second kappa shape index (κ2) is 20.2. The number of anilines is 2. The van der Waals surface area contributed by atoms with Gasteiger partial charge in [-0.2, -0.15) is 0 Å². The van der Waals surface area contributed by atoms with Gasteiger partial charge in [0.1, 0.15) is 31.3 Å². The second-order valence-corrected chi connectivity index (χ2v) is 16.7. The predicted octanol–water partition coefficient (Wildman–Crippen LogP) is 7.87. The fourth-order valence-electron chi connectivity index (χ4n) is 9.12. The lowest BCUT2D eigenvalue weighted by molar-refractivity contribution is -0.138. The van der Waals surface area contributed by atoms with Gasteiger partial charge in [0.15, 0.2) is 11.5 Å². The Morgan fingerprint density at radius 3 is 2.02 bits per heavy atom. The topological polar surface area (TPSA) is 155 Å². The first-order valence-electron chi connectivity index (χ1n) is 22.4. The molecule has 2 atom stereocenters. The number of aliphatic imine (C=N–C) groups is 1. The summed E-state index contributed by atoms with van der Waals surface area (Å²) in [5.74, 6) is 1.15. The maximum absolute atomic E-state index is 14.0. The third kappa shape index (κ3) is 9.76. The maximum Gasteiger partial charge on any atom is 0.305 e. The Labute approximate surface area is 383 Å². The van der Waals surface area contributed by atoms with Gasteiger partial charge in [0.2, 0.25) is 0 Å². The molecule has 14 nitrogen and oxygen atoms in total. The zero-order valence-electron chi connectivity index (χ0n) is 37.2. The van der Waals surface area contributed by atoms with E-state index in [0.717, 1.165) is 64.0 Å². The van der Waals surface area contributed by atoms with Crippen molar-refractivity contribution < 1.29 is 52.6 Å². The van der Waals surface area contributed by atoms with Crippen molar-refractivity contribution in [1.29, 1.82) is 0 Å². The molecule has 9 rings (SSSR count). The van der Waals surface area contributed by atoms with Crippen molar-refractivity contribution in [2.45, 2.75) is 64.3 Å². The molecule has 0 aromatic heterocycles. The fraction of sp³-hybridized carbons (Fsp3) is 0.346. The number of hydrogen-bond donors (Lipinski definition) is 1. The van der Waals surface area contributed by atoms with E-state index in [-0.39, 0.29) is 56.7 Å². The van der Waals surface area contributed by atoms with Crippen LogP contribution in [0.25, 0.3) is 0 Å². The van der Waals surface area contributed by atoms with Crippen LogP contribution in [-0.2, 0) is 51.5 Å². The molecule has 5 aromatic rings. The highest BCUT2D eigenvalue weighted by atomic mass is 16.6. The van der Waals surface area contributed by atoms with E-state index in [1.54, 1.807) is 24.1 Å². The molecule has 4 aliphatic rings. The van der Waals surface area contributed by atoms with Crippen LogP contribution in [0, 0.1) is 6.92 Å². The fourth-order valence-corrected chi connectivity index (χ4v) is 9.12. The van der Waals surface area contributed by atoms with Crippen LogP contribution in [-0.4, -0.2) is 94.5 Å². The molecule has 14 heteroatoms. The number of hydrogen-bond acceptors (Lipinski definition) is 11. The number of amides is 2. The van der Waals surface area contributed by atoms with Crippen molar-refractivity contribution in [2.24, 2.45) is 4.99 Å². The highest BCUT2D eigenvalue weighted by molar-refractivity contribution is 6.15. The van der Waals surface area contributed by atoms with Crippen LogP contribution in [0.4, 0.5) is 17.1 Å². The van der Waals surface area contributed by atoms with Gasteiger partial charge in [-0.3, -0.25) is 24.3 Å². The first-order chi connectivity index (χ1) is 32.2. The highest BCUT2D eigenvalue weighted by Crippen LogP contribution is 2.42. The standard InChI is InChI=1S/C52H53N3O11/c1-33-21-42-36(11-12-39-25-37-7-3-5-9-45(37)54(39)51(42)58)27-47(33)65-31-34-22-35(24-41(23-34)64-20-19-63-18-17-62-16-15-61-14-13-50(56)57)32-66-49-29-44-43(28-48(49)60-2)52(59)55-40(30-53-44)26-38-8-4-6-10-46(38)55/h3-10,21-24,27-30,39-40H,11-20,25-26,31-32H2,1-2H3,(H,56,57)/t39-,40+/m1/s1. The Bertz CT molecular complexity index is 2650. The van der Waals surface area contributed by atoms with Crippen molar-refractivity contribution in [3.05, 3.63) is 136 Å². The lowest BCUT2D eigenvalue weighted by atomic mass is 9.98. The average molecular weight is 896 g/mol. The minimum Gasteiger partial charge on any atom is -0.493 e. The lowest BCUT2D eigenvalue weighted by Gasteiger charge is -2.23. The van der Waals surface area contributed by atoms with Crippen LogP contribution in [0.15, 0.2) is 96.0 Å². The van der Waals surface area contributed by atoms with Crippen molar-refractivity contribution in [3.8, 4) is 23.0 Å². The summed E-state index contributed by atoms with van der Waals surface area (Å²) in [6.07, 6.45) is 4.98. The van der Waals surface area contributed by atoms with Crippen LogP contribution >= 0.6 is 0 Å². The van der Waals surface area contributed by atoms with Gasteiger partial charge in [0.05, 0.1) is 70.5 Å². The number of para-hydroxylation sites is 2. The Morgan fingerprint density at radius 2 is 1.30 bits per heavy atom. The Morgan fingerprint density at radius 1 is 0.667 bits per heavy atom. The summed E-state index contributed by atoms with van der Waals surface area (Å²) in [7, 11) is 1.55. The highest BCUT2D eigenvalue weighted by Gasteiger charge is 2.38. The van der Waals surface area contributed by atoms with Gasteiger partial charge in [-0.05, 0) is 108 Å². The number of nitrogens with zero attached hydrogens (tertiary/aromatic N) is 3. The number of fused-ring (bicyclic) bond motifs is 8. The summed E-state index contributed by atoms with van der Waals surface area (Å²) in [5, 5.41) is 8.71. The van der Waals surface area contributed by atoms with Gasteiger partial charge in [-0.1, -0.05) is 36.4 Å². The van der Waals surface area contributed by atoms with Crippen LogP contribution in [0.1, 0.15) is 66.9 Å². The lowest BCUT2D eigenvalue weighted by Crippen LogP contribution is -2.37. The van der Waals surface area contributed by atoms with E-state index in [9.17, 15) is 14.4 Å². The molecule has 0 radical (unpaired) electrons. The number of aryl methyl sites for hydroxylation is 2. The largest absolute Gasteiger partial charge is 0.493 e. The van der Waals surface area contributed by atoms with Gasteiger partial charge in [-0.25, -0.2) is 0 Å². The van der Waals surface area contributed by atoms with Gasteiger partial charge in [0.25, 0.3) is 11.8 Å². The maximum atomic E-state index is 14.0. The molecule has 0 unspecified atom stereocenters. The van der Waals surface area contributed by atoms with Crippen molar-refractivity contribution in [2.75, 3.05) is 63.2 Å². The van der Waals surface area contributed by atoms with Gasteiger partial charge in [-0.15, -0.1) is 0 Å². The molecule has 66 heavy (non-hydrogen) atoms. The first kappa shape index (κ1) is 44.5. The van der Waals surface area contributed by atoms with Crippen LogP contribution in [0.3, 0.4) is 0 Å². The summed E-state index contributed by atoms with van der Waals surface area (Å²) in [5.41, 5.74) is 9.40. The van der Waals surface area contributed by atoms with E-state index >= 15 is 0 Å². The molecule has 0 spiro atoms. The van der Waals surface area contributed by atoms with E-state index in [1.165, 1.54) is 5.56 Å². The average Bonchev–Trinajstić information content (AvgIpc) is 3.81. The van der Waals surface area contributed by atoms with Gasteiger partial charge >= 0.3 is 5.97 Å². The number of rotatable bonds is 20. The molecule has 0 bridgehead atoms. The Hall–Kier alpha value is -6.74.